The molecular formula is C20H20N2O5. The monoisotopic (exact) mass is 368 g/mol. The Morgan fingerprint density at radius 2 is 1.70 bits per heavy atom. The summed E-state index contributed by atoms with van der Waals surface area (Å²) in [6.07, 6.45) is 1.81. The van der Waals surface area contributed by atoms with Crippen molar-refractivity contribution in [2.45, 2.75) is 18.9 Å². The minimum absolute atomic E-state index is 0.184. The van der Waals surface area contributed by atoms with E-state index in [1.165, 1.54) is 6.26 Å². The number of hydrogen-bond acceptors (Lipinski definition) is 5. The topological polar surface area (TPSA) is 80.1 Å². The first kappa shape index (κ1) is 17.3. The van der Waals surface area contributed by atoms with Crippen molar-refractivity contribution >= 4 is 17.8 Å². The number of piperazine rings is 1. The van der Waals surface area contributed by atoms with Crippen LogP contribution in [-0.4, -0.2) is 59.4 Å². The lowest BCUT2D eigenvalue weighted by atomic mass is 9.88. The smallest absolute Gasteiger partial charge is 0.339 e. The van der Waals surface area contributed by atoms with Crippen LogP contribution in [0, 0.1) is 0 Å². The fourth-order valence-corrected chi connectivity index (χ4v) is 3.66. The van der Waals surface area contributed by atoms with Gasteiger partial charge in [-0.15, -0.1) is 0 Å². The van der Waals surface area contributed by atoms with Gasteiger partial charge in [0.15, 0.2) is 11.4 Å². The SMILES string of the molecule is C[C@@]1(C(=O)N2CCN(C(=O)c3ccco3)CC2)Cc2ccccc2C(=O)O1. The van der Waals surface area contributed by atoms with Crippen LogP contribution in [0.15, 0.2) is 47.1 Å². The molecule has 27 heavy (non-hydrogen) atoms. The van der Waals surface area contributed by atoms with Gasteiger partial charge in [0, 0.05) is 32.6 Å². The van der Waals surface area contributed by atoms with E-state index >= 15 is 0 Å². The lowest BCUT2D eigenvalue weighted by molar-refractivity contribution is -0.152. The van der Waals surface area contributed by atoms with Crippen molar-refractivity contribution in [2.75, 3.05) is 26.2 Å². The summed E-state index contributed by atoms with van der Waals surface area (Å²) in [4.78, 5) is 41.0. The first-order valence-corrected chi connectivity index (χ1v) is 8.91. The van der Waals surface area contributed by atoms with Gasteiger partial charge in [0.25, 0.3) is 11.8 Å². The van der Waals surface area contributed by atoms with Crippen molar-refractivity contribution in [1.82, 2.24) is 9.80 Å². The van der Waals surface area contributed by atoms with E-state index < -0.39 is 11.6 Å². The molecule has 0 bridgehead atoms. The van der Waals surface area contributed by atoms with Gasteiger partial charge < -0.3 is 19.0 Å². The molecule has 140 valence electrons. The maximum atomic E-state index is 13.1. The van der Waals surface area contributed by atoms with E-state index in [4.69, 9.17) is 9.15 Å². The number of hydrogen-bond donors (Lipinski definition) is 0. The molecule has 0 spiro atoms. The molecule has 0 radical (unpaired) electrons. The van der Waals surface area contributed by atoms with Gasteiger partial charge in [0.05, 0.1) is 11.8 Å². The van der Waals surface area contributed by atoms with E-state index in [0.717, 1.165) is 5.56 Å². The fourth-order valence-electron chi connectivity index (χ4n) is 3.66. The molecular weight excluding hydrogens is 348 g/mol. The van der Waals surface area contributed by atoms with Gasteiger partial charge in [-0.25, -0.2) is 4.79 Å². The number of cyclic esters (lactones) is 1. The Bertz CT molecular complexity index is 884. The van der Waals surface area contributed by atoms with E-state index in [-0.39, 0.29) is 11.8 Å². The molecule has 0 saturated carbocycles. The van der Waals surface area contributed by atoms with Gasteiger partial charge in [-0.3, -0.25) is 9.59 Å². The Kier molecular flexibility index (Phi) is 4.22. The third-order valence-electron chi connectivity index (χ3n) is 5.12. The maximum Gasteiger partial charge on any atom is 0.339 e. The van der Waals surface area contributed by atoms with Crippen LogP contribution in [0.3, 0.4) is 0 Å². The van der Waals surface area contributed by atoms with E-state index in [1.54, 1.807) is 41.0 Å². The molecule has 4 rings (SSSR count). The first-order valence-electron chi connectivity index (χ1n) is 8.91. The van der Waals surface area contributed by atoms with Crippen LogP contribution in [-0.2, 0) is 16.0 Å². The number of rotatable bonds is 2. The predicted octanol–water partition coefficient (Wildman–Crippen LogP) is 1.74. The number of nitrogens with zero attached hydrogens (tertiary/aromatic N) is 2. The van der Waals surface area contributed by atoms with Gasteiger partial charge in [-0.05, 0) is 30.7 Å². The number of ether oxygens (including phenoxy) is 1. The highest BCUT2D eigenvalue weighted by molar-refractivity contribution is 5.97. The van der Waals surface area contributed by atoms with Crippen molar-refractivity contribution in [1.29, 1.82) is 0 Å². The standard InChI is InChI=1S/C20H20N2O5/c1-20(13-14-5-2-3-6-15(14)18(24)27-20)19(25)22-10-8-21(9-11-22)17(23)16-7-4-12-26-16/h2-7,12H,8-11,13H2,1H3/t20-/m0/s1. The summed E-state index contributed by atoms with van der Waals surface area (Å²) in [6.45, 7) is 3.25. The second kappa shape index (κ2) is 6.57. The van der Waals surface area contributed by atoms with Crippen molar-refractivity contribution < 1.29 is 23.5 Å². The predicted molar refractivity (Wildman–Crippen MR) is 95.2 cm³/mol. The van der Waals surface area contributed by atoms with Crippen LogP contribution in [0.5, 0.6) is 0 Å². The highest BCUT2D eigenvalue weighted by Crippen LogP contribution is 2.30. The minimum atomic E-state index is -1.22. The fraction of sp³-hybridized carbons (Fsp3) is 0.350. The van der Waals surface area contributed by atoms with Crippen LogP contribution >= 0.6 is 0 Å². The van der Waals surface area contributed by atoms with Crippen molar-refractivity contribution in [3.63, 3.8) is 0 Å². The van der Waals surface area contributed by atoms with Crippen LogP contribution in [0.25, 0.3) is 0 Å². The molecule has 7 heteroatoms. The molecule has 2 amide bonds. The van der Waals surface area contributed by atoms with Crippen LogP contribution in [0.2, 0.25) is 0 Å². The molecule has 2 aliphatic rings. The van der Waals surface area contributed by atoms with E-state index in [1.807, 2.05) is 12.1 Å². The number of esters is 1. The zero-order valence-corrected chi connectivity index (χ0v) is 15.0. The van der Waals surface area contributed by atoms with Gasteiger partial charge in [-0.1, -0.05) is 18.2 Å². The number of fused-ring (bicyclic) bond motifs is 1. The molecule has 0 aliphatic carbocycles. The minimum Gasteiger partial charge on any atom is -0.459 e. The lowest BCUT2D eigenvalue weighted by Gasteiger charge is -2.40. The average Bonchev–Trinajstić information content (AvgIpc) is 3.22. The maximum absolute atomic E-state index is 13.1. The summed E-state index contributed by atoms with van der Waals surface area (Å²) in [7, 11) is 0. The third kappa shape index (κ3) is 3.09. The second-order valence-corrected chi connectivity index (χ2v) is 7.02. The quantitative estimate of drug-likeness (QED) is 0.755. The Morgan fingerprint density at radius 1 is 1.00 bits per heavy atom. The number of amides is 2. The normalized spacial score (nSPS) is 22.2. The van der Waals surface area contributed by atoms with Crippen molar-refractivity contribution in [3.05, 3.63) is 59.5 Å². The van der Waals surface area contributed by atoms with Crippen LogP contribution < -0.4 is 0 Å². The summed E-state index contributed by atoms with van der Waals surface area (Å²) in [5.41, 5.74) is 0.103. The molecule has 1 aromatic carbocycles. The first-order chi connectivity index (χ1) is 13.0. The van der Waals surface area contributed by atoms with E-state index in [9.17, 15) is 14.4 Å². The number of benzene rings is 1. The van der Waals surface area contributed by atoms with E-state index in [0.29, 0.717) is 43.9 Å². The molecule has 1 fully saturated rings. The summed E-state index contributed by atoms with van der Waals surface area (Å²) >= 11 is 0. The zero-order chi connectivity index (χ0) is 19.0. The molecule has 2 aliphatic heterocycles. The molecule has 1 atom stereocenters. The van der Waals surface area contributed by atoms with Crippen LogP contribution in [0.1, 0.15) is 33.4 Å². The summed E-state index contributed by atoms with van der Waals surface area (Å²) in [5.74, 6) is -0.592. The zero-order valence-electron chi connectivity index (χ0n) is 15.0. The average molecular weight is 368 g/mol. The molecule has 2 aromatic rings. The van der Waals surface area contributed by atoms with Gasteiger partial charge in [0.1, 0.15) is 0 Å². The Morgan fingerprint density at radius 3 is 2.41 bits per heavy atom. The van der Waals surface area contributed by atoms with Gasteiger partial charge in [0.2, 0.25) is 0 Å². The largest absolute Gasteiger partial charge is 0.459 e. The molecule has 1 aromatic heterocycles. The molecule has 0 unspecified atom stereocenters. The highest BCUT2D eigenvalue weighted by atomic mass is 16.6. The number of carbonyl (C=O) groups excluding carboxylic acids is 3. The third-order valence-corrected chi connectivity index (χ3v) is 5.12. The molecule has 3 heterocycles. The van der Waals surface area contributed by atoms with Gasteiger partial charge in [-0.2, -0.15) is 0 Å². The summed E-state index contributed by atoms with van der Waals surface area (Å²) in [5, 5.41) is 0. The van der Waals surface area contributed by atoms with Gasteiger partial charge >= 0.3 is 5.97 Å². The van der Waals surface area contributed by atoms with Crippen LogP contribution in [0.4, 0.5) is 0 Å². The molecule has 1 saturated heterocycles. The molecule has 7 nitrogen and oxygen atoms in total. The van der Waals surface area contributed by atoms with Crippen molar-refractivity contribution in [2.24, 2.45) is 0 Å². The molecule has 0 N–H and O–H groups in total. The lowest BCUT2D eigenvalue weighted by Crippen LogP contribution is -2.58. The Labute approximate surface area is 156 Å². The Hall–Kier alpha value is -3.09. The second-order valence-electron chi connectivity index (χ2n) is 7.02. The summed E-state index contributed by atoms with van der Waals surface area (Å²) < 4.78 is 10.7. The summed E-state index contributed by atoms with van der Waals surface area (Å²) in [6, 6.07) is 10.5. The number of carbonyl (C=O) groups is 3. The number of furan rings is 1. The van der Waals surface area contributed by atoms with E-state index in [2.05, 4.69) is 0 Å². The highest BCUT2D eigenvalue weighted by Gasteiger charge is 2.45. The Balaban J connectivity index is 1.44. The van der Waals surface area contributed by atoms with Crippen molar-refractivity contribution in [3.8, 4) is 0 Å².